The smallest absolute Gasteiger partial charge is 0.306 e. The Morgan fingerprint density at radius 2 is 0.500 bits per heavy atom. The summed E-state index contributed by atoms with van der Waals surface area (Å²) >= 11 is 0. The highest BCUT2D eigenvalue weighted by Gasteiger charge is 2.19. The molecule has 0 aromatic heterocycles. The molecule has 412 valence electrons. The monoisotopic (exact) mass is 985 g/mol. The molecular formula is C64H120O6. The molecule has 0 saturated heterocycles. The van der Waals surface area contributed by atoms with Crippen molar-refractivity contribution in [1.29, 1.82) is 0 Å². The maximum absolute atomic E-state index is 12.8. The topological polar surface area (TPSA) is 78.9 Å². The van der Waals surface area contributed by atoms with Crippen LogP contribution in [0.5, 0.6) is 0 Å². The fourth-order valence-corrected chi connectivity index (χ4v) is 9.44. The van der Waals surface area contributed by atoms with Crippen molar-refractivity contribution in [1.82, 2.24) is 0 Å². The largest absolute Gasteiger partial charge is 0.462 e. The highest BCUT2D eigenvalue weighted by Crippen LogP contribution is 2.18. The number of rotatable bonds is 58. The van der Waals surface area contributed by atoms with Crippen molar-refractivity contribution in [2.75, 3.05) is 13.2 Å². The van der Waals surface area contributed by atoms with Gasteiger partial charge in [-0.25, -0.2) is 0 Å². The lowest BCUT2D eigenvalue weighted by atomic mass is 10.0. The van der Waals surface area contributed by atoms with Crippen molar-refractivity contribution >= 4 is 17.9 Å². The van der Waals surface area contributed by atoms with Gasteiger partial charge in [-0.15, -0.1) is 0 Å². The fraction of sp³-hybridized carbons (Fsp3) is 0.891. The Bertz CT molecular complexity index is 1130. The van der Waals surface area contributed by atoms with Gasteiger partial charge in [-0.1, -0.05) is 289 Å². The van der Waals surface area contributed by atoms with Crippen molar-refractivity contribution < 1.29 is 28.6 Å². The molecule has 0 aromatic carbocycles. The van der Waals surface area contributed by atoms with E-state index >= 15 is 0 Å². The number of hydrogen-bond donors (Lipinski definition) is 0. The van der Waals surface area contributed by atoms with Crippen LogP contribution in [-0.2, 0) is 28.6 Å². The number of ether oxygens (including phenoxy) is 3. The van der Waals surface area contributed by atoms with Gasteiger partial charge < -0.3 is 14.2 Å². The second kappa shape index (κ2) is 59.5. The maximum atomic E-state index is 12.8. The Morgan fingerprint density at radius 3 is 0.771 bits per heavy atom. The number of allylic oxidation sites excluding steroid dienone is 4. The molecule has 6 heteroatoms. The minimum absolute atomic E-state index is 0.0731. The molecule has 0 aromatic rings. The first-order chi connectivity index (χ1) is 34.5. The lowest BCUT2D eigenvalue weighted by Crippen LogP contribution is -2.30. The fourth-order valence-electron chi connectivity index (χ4n) is 9.44. The summed E-state index contributed by atoms with van der Waals surface area (Å²) in [5.74, 6) is -0.873. The van der Waals surface area contributed by atoms with E-state index in [0.29, 0.717) is 19.3 Å². The van der Waals surface area contributed by atoms with E-state index in [-0.39, 0.29) is 31.1 Å². The molecule has 0 amide bonds. The van der Waals surface area contributed by atoms with Gasteiger partial charge in [-0.05, 0) is 64.2 Å². The van der Waals surface area contributed by atoms with Crippen LogP contribution in [0.15, 0.2) is 24.3 Å². The van der Waals surface area contributed by atoms with Crippen LogP contribution in [0, 0.1) is 0 Å². The molecule has 6 nitrogen and oxygen atoms in total. The first-order valence-electron chi connectivity index (χ1n) is 31.3. The third kappa shape index (κ3) is 56.8. The normalized spacial score (nSPS) is 12.1. The van der Waals surface area contributed by atoms with E-state index in [9.17, 15) is 14.4 Å². The van der Waals surface area contributed by atoms with E-state index in [0.717, 1.165) is 77.0 Å². The third-order valence-corrected chi connectivity index (χ3v) is 14.2. The van der Waals surface area contributed by atoms with Gasteiger partial charge in [0.05, 0.1) is 0 Å². The number of unbranched alkanes of at least 4 members (excludes halogenated alkanes) is 43. The van der Waals surface area contributed by atoms with Gasteiger partial charge in [-0.2, -0.15) is 0 Å². The Morgan fingerprint density at radius 1 is 0.271 bits per heavy atom. The predicted molar refractivity (Wildman–Crippen MR) is 303 cm³/mol. The average Bonchev–Trinajstić information content (AvgIpc) is 3.36. The molecule has 0 rings (SSSR count). The van der Waals surface area contributed by atoms with Gasteiger partial charge in [0.25, 0.3) is 0 Å². The first-order valence-corrected chi connectivity index (χ1v) is 31.3. The number of carbonyl (C=O) groups is 3. The standard InChI is InChI=1S/C64H120O6/c1-4-7-10-13-16-19-22-24-26-27-28-29-30-31-32-33-34-35-36-37-38-39-41-42-45-48-51-54-57-63(66)69-60-61(59-68-62(65)56-53-50-47-44-21-18-15-12-9-6-3)70-64(67)58-55-52-49-46-43-40-25-23-20-17-14-11-8-5-2/h12,15,23,25,61H,4-11,13-14,16-22,24,26-60H2,1-3H3/b15-12-,25-23-. The second-order valence-electron chi connectivity index (χ2n) is 21.3. The van der Waals surface area contributed by atoms with Crippen molar-refractivity contribution in [3.8, 4) is 0 Å². The minimum atomic E-state index is -0.775. The molecule has 0 saturated carbocycles. The molecule has 0 aliphatic rings. The summed E-state index contributed by atoms with van der Waals surface area (Å²) in [6, 6.07) is 0. The van der Waals surface area contributed by atoms with E-state index in [4.69, 9.17) is 14.2 Å². The summed E-state index contributed by atoms with van der Waals surface area (Å²) in [6.45, 7) is 6.61. The molecule has 0 aliphatic carbocycles. The molecule has 0 radical (unpaired) electrons. The summed E-state index contributed by atoms with van der Waals surface area (Å²) < 4.78 is 16.8. The zero-order valence-electron chi connectivity index (χ0n) is 47.3. The second-order valence-corrected chi connectivity index (χ2v) is 21.3. The van der Waals surface area contributed by atoms with Crippen molar-refractivity contribution in [3.05, 3.63) is 24.3 Å². The minimum Gasteiger partial charge on any atom is -0.462 e. The molecular weight excluding hydrogens is 865 g/mol. The maximum Gasteiger partial charge on any atom is 0.306 e. The predicted octanol–water partition coefficient (Wildman–Crippen LogP) is 21.1. The molecule has 0 spiro atoms. The van der Waals surface area contributed by atoms with Crippen LogP contribution in [0.25, 0.3) is 0 Å². The first kappa shape index (κ1) is 67.9. The van der Waals surface area contributed by atoms with E-state index in [1.807, 2.05) is 0 Å². The van der Waals surface area contributed by atoms with Crippen LogP contribution >= 0.6 is 0 Å². The van der Waals surface area contributed by atoms with E-state index in [1.54, 1.807) is 0 Å². The summed E-state index contributed by atoms with van der Waals surface area (Å²) in [6.07, 6.45) is 70.7. The zero-order valence-corrected chi connectivity index (χ0v) is 47.3. The van der Waals surface area contributed by atoms with Crippen molar-refractivity contribution in [2.24, 2.45) is 0 Å². The van der Waals surface area contributed by atoms with Crippen molar-refractivity contribution in [2.45, 2.75) is 354 Å². The number of hydrogen-bond acceptors (Lipinski definition) is 6. The molecule has 0 N–H and O–H groups in total. The summed E-state index contributed by atoms with van der Waals surface area (Å²) in [4.78, 5) is 38.1. The van der Waals surface area contributed by atoms with Crippen LogP contribution in [0.1, 0.15) is 348 Å². The Kier molecular flexibility index (Phi) is 57.7. The number of esters is 3. The van der Waals surface area contributed by atoms with Gasteiger partial charge in [0, 0.05) is 19.3 Å². The molecule has 0 fully saturated rings. The highest BCUT2D eigenvalue weighted by molar-refractivity contribution is 5.71. The van der Waals surface area contributed by atoms with Crippen molar-refractivity contribution in [3.63, 3.8) is 0 Å². The number of carbonyl (C=O) groups excluding carboxylic acids is 3. The van der Waals surface area contributed by atoms with Gasteiger partial charge in [0.1, 0.15) is 13.2 Å². The van der Waals surface area contributed by atoms with E-state index in [2.05, 4.69) is 45.1 Å². The van der Waals surface area contributed by atoms with Crippen LogP contribution in [0.2, 0.25) is 0 Å². The van der Waals surface area contributed by atoms with Gasteiger partial charge in [-0.3, -0.25) is 14.4 Å². The molecule has 0 aliphatic heterocycles. The van der Waals surface area contributed by atoms with Crippen LogP contribution < -0.4 is 0 Å². The Labute approximate surface area is 436 Å². The average molecular weight is 986 g/mol. The molecule has 1 atom stereocenters. The van der Waals surface area contributed by atoms with Gasteiger partial charge >= 0.3 is 17.9 Å². The van der Waals surface area contributed by atoms with Crippen LogP contribution in [0.4, 0.5) is 0 Å². The lowest BCUT2D eigenvalue weighted by Gasteiger charge is -2.18. The highest BCUT2D eigenvalue weighted by atomic mass is 16.6. The van der Waals surface area contributed by atoms with E-state index in [1.165, 1.54) is 231 Å². The summed E-state index contributed by atoms with van der Waals surface area (Å²) in [5, 5.41) is 0. The molecule has 0 heterocycles. The summed E-state index contributed by atoms with van der Waals surface area (Å²) in [5.41, 5.74) is 0. The molecule has 0 bridgehead atoms. The SMILES string of the molecule is CCC/C=C\CCCCCCCC(=O)OCC(COC(=O)CCCCCCCCCCCCCCCCCCCCCCCCCCCCCC)OC(=O)CCCCCCC/C=C\CCCCCCC. The van der Waals surface area contributed by atoms with E-state index < -0.39 is 6.10 Å². The Hall–Kier alpha value is -2.11. The molecule has 70 heavy (non-hydrogen) atoms. The van der Waals surface area contributed by atoms with Gasteiger partial charge in [0.2, 0.25) is 0 Å². The lowest BCUT2D eigenvalue weighted by molar-refractivity contribution is -0.167. The van der Waals surface area contributed by atoms with Crippen LogP contribution in [-0.4, -0.2) is 37.2 Å². The summed E-state index contributed by atoms with van der Waals surface area (Å²) in [7, 11) is 0. The zero-order chi connectivity index (χ0) is 50.7. The van der Waals surface area contributed by atoms with Gasteiger partial charge in [0.15, 0.2) is 6.10 Å². The molecule has 1 unspecified atom stereocenters. The van der Waals surface area contributed by atoms with Crippen LogP contribution in [0.3, 0.4) is 0 Å². The third-order valence-electron chi connectivity index (χ3n) is 14.2. The quantitative estimate of drug-likeness (QED) is 0.0261. The Balaban J connectivity index is 4.09.